The van der Waals surface area contributed by atoms with E-state index in [0.29, 0.717) is 0 Å². The van der Waals surface area contributed by atoms with Crippen LogP contribution in [-0.2, 0) is 0 Å². The van der Waals surface area contributed by atoms with Gasteiger partial charge in [-0.25, -0.2) is 0 Å². The van der Waals surface area contributed by atoms with Gasteiger partial charge < -0.3 is 0 Å². The zero-order valence-electron chi connectivity index (χ0n) is 15.2. The van der Waals surface area contributed by atoms with Crippen molar-refractivity contribution in [3.05, 3.63) is 108 Å². The predicted molar refractivity (Wildman–Crippen MR) is 122 cm³/mol. The third kappa shape index (κ3) is 7.81. The van der Waals surface area contributed by atoms with Gasteiger partial charge in [-0.05, 0) is 47.9 Å². The first-order valence-corrected chi connectivity index (χ1v) is 10.9. The molecule has 132 valence electrons. The van der Waals surface area contributed by atoms with E-state index in [0.717, 1.165) is 0 Å². The first kappa shape index (κ1) is 20.2. The summed E-state index contributed by atoms with van der Waals surface area (Å²) in [5.74, 6) is 0. The molecule has 0 heterocycles. The summed E-state index contributed by atoms with van der Waals surface area (Å²) >= 11 is 3.52. The van der Waals surface area contributed by atoms with Gasteiger partial charge in [0.1, 0.15) is 0 Å². The lowest BCUT2D eigenvalue weighted by Gasteiger charge is -1.95. The maximum absolute atomic E-state index is 2.14. The fourth-order valence-corrected chi connectivity index (χ4v) is 2.96. The third-order valence-electron chi connectivity index (χ3n) is 3.59. The minimum absolute atomic E-state index is 1.21. The highest BCUT2D eigenvalue weighted by Crippen LogP contribution is 2.16. The van der Waals surface area contributed by atoms with Crippen LogP contribution in [0, 0.1) is 0 Å². The average molecular weight is 377 g/mol. The molecule has 0 aromatic heterocycles. The van der Waals surface area contributed by atoms with Gasteiger partial charge in [0.15, 0.2) is 0 Å². The molecule has 2 heteroatoms. The molecular formula is C24H24S2. The summed E-state index contributed by atoms with van der Waals surface area (Å²) in [4.78, 5) is 2.58. The Labute approximate surface area is 166 Å². The van der Waals surface area contributed by atoms with E-state index in [9.17, 15) is 0 Å². The Morgan fingerprint density at radius 1 is 0.462 bits per heavy atom. The number of allylic oxidation sites excluding steroid dienone is 8. The van der Waals surface area contributed by atoms with Crippen LogP contribution < -0.4 is 0 Å². The Morgan fingerprint density at radius 2 is 0.769 bits per heavy atom. The first-order chi connectivity index (χ1) is 12.8. The van der Waals surface area contributed by atoms with Crippen LogP contribution >= 0.6 is 23.5 Å². The van der Waals surface area contributed by atoms with Crippen LogP contribution in [0.1, 0.15) is 11.1 Å². The van der Waals surface area contributed by atoms with Crippen LogP contribution in [-0.4, -0.2) is 12.5 Å². The van der Waals surface area contributed by atoms with Crippen LogP contribution in [0.4, 0.5) is 0 Å². The Hall–Kier alpha value is -2.16. The molecule has 26 heavy (non-hydrogen) atoms. The van der Waals surface area contributed by atoms with Crippen LogP contribution in [0.5, 0.6) is 0 Å². The highest BCUT2D eigenvalue weighted by molar-refractivity contribution is 7.98. The second-order valence-corrected chi connectivity index (χ2v) is 7.18. The Kier molecular flexibility index (Phi) is 9.48. The topological polar surface area (TPSA) is 0 Å². The Bertz CT molecular complexity index is 720. The van der Waals surface area contributed by atoms with Gasteiger partial charge in [-0.2, -0.15) is 0 Å². The molecule has 0 saturated carbocycles. The lowest BCUT2D eigenvalue weighted by atomic mass is 10.2. The summed E-state index contributed by atoms with van der Waals surface area (Å²) in [5, 5.41) is 0. The molecule has 0 atom stereocenters. The van der Waals surface area contributed by atoms with Gasteiger partial charge >= 0.3 is 0 Å². The molecule has 0 radical (unpaired) electrons. The van der Waals surface area contributed by atoms with E-state index < -0.39 is 0 Å². The molecule has 0 aliphatic heterocycles. The summed E-state index contributed by atoms with van der Waals surface area (Å²) in [7, 11) is 0. The number of hydrogen-bond donors (Lipinski definition) is 0. The van der Waals surface area contributed by atoms with Gasteiger partial charge in [-0.15, -0.1) is 23.5 Å². The van der Waals surface area contributed by atoms with Crippen molar-refractivity contribution in [2.24, 2.45) is 0 Å². The molecule has 0 aliphatic carbocycles. The van der Waals surface area contributed by atoms with Crippen LogP contribution in [0.15, 0.2) is 107 Å². The molecule has 2 aromatic carbocycles. The summed E-state index contributed by atoms with van der Waals surface area (Å²) in [6.45, 7) is 0. The maximum Gasteiger partial charge on any atom is 0.00695 e. The van der Waals surface area contributed by atoms with Crippen molar-refractivity contribution < 1.29 is 0 Å². The van der Waals surface area contributed by atoms with Gasteiger partial charge in [0, 0.05) is 9.79 Å². The summed E-state index contributed by atoms with van der Waals surface area (Å²) in [6, 6.07) is 17.1. The van der Waals surface area contributed by atoms with Crippen molar-refractivity contribution in [3.8, 4) is 0 Å². The number of hydrogen-bond acceptors (Lipinski definition) is 2. The number of thioether (sulfide) groups is 2. The van der Waals surface area contributed by atoms with Crippen molar-refractivity contribution in [3.63, 3.8) is 0 Å². The fraction of sp³-hybridized carbons (Fsp3) is 0.0833. The van der Waals surface area contributed by atoms with Gasteiger partial charge in [-0.1, -0.05) is 85.0 Å². The molecule has 0 unspecified atom stereocenters. The average Bonchev–Trinajstić information content (AvgIpc) is 2.70. The minimum Gasteiger partial charge on any atom is -0.130 e. The second-order valence-electron chi connectivity index (χ2n) is 5.42. The second kappa shape index (κ2) is 12.2. The molecule has 0 fully saturated rings. The third-order valence-corrected chi connectivity index (χ3v) is 5.07. The highest BCUT2D eigenvalue weighted by atomic mass is 32.2. The van der Waals surface area contributed by atoms with Crippen LogP contribution in [0.25, 0.3) is 12.2 Å². The smallest absolute Gasteiger partial charge is 0.00695 e. The zero-order valence-corrected chi connectivity index (χ0v) is 16.8. The first-order valence-electron chi connectivity index (χ1n) is 8.44. The van der Waals surface area contributed by atoms with Crippen LogP contribution in [0.2, 0.25) is 0 Å². The zero-order chi connectivity index (χ0) is 18.5. The molecule has 0 amide bonds. The van der Waals surface area contributed by atoms with Crippen molar-refractivity contribution in [1.29, 1.82) is 0 Å². The molecule has 0 saturated heterocycles. The summed E-state index contributed by atoms with van der Waals surface area (Å²) < 4.78 is 0. The van der Waals surface area contributed by atoms with E-state index in [2.05, 4.69) is 85.3 Å². The van der Waals surface area contributed by atoms with Crippen molar-refractivity contribution >= 4 is 35.7 Å². The van der Waals surface area contributed by atoms with E-state index >= 15 is 0 Å². The van der Waals surface area contributed by atoms with E-state index in [4.69, 9.17) is 0 Å². The Morgan fingerprint density at radius 3 is 1.08 bits per heavy atom. The monoisotopic (exact) mass is 376 g/mol. The molecular weight excluding hydrogens is 352 g/mol. The van der Waals surface area contributed by atoms with E-state index in [1.54, 1.807) is 23.5 Å². The lowest BCUT2D eigenvalue weighted by molar-refractivity contribution is 1.45. The van der Waals surface area contributed by atoms with E-state index in [-0.39, 0.29) is 0 Å². The van der Waals surface area contributed by atoms with Crippen molar-refractivity contribution in [2.75, 3.05) is 12.5 Å². The van der Waals surface area contributed by atoms with Gasteiger partial charge in [0.2, 0.25) is 0 Å². The lowest BCUT2D eigenvalue weighted by Crippen LogP contribution is -1.72. The minimum atomic E-state index is 1.21. The van der Waals surface area contributed by atoms with Crippen LogP contribution in [0.3, 0.4) is 0 Å². The summed E-state index contributed by atoms with van der Waals surface area (Å²) in [5.41, 5.74) is 2.43. The van der Waals surface area contributed by atoms with E-state index in [1.165, 1.54) is 20.9 Å². The molecule has 0 bridgehead atoms. The Balaban J connectivity index is 1.73. The van der Waals surface area contributed by atoms with Gasteiger partial charge in [0.05, 0.1) is 0 Å². The van der Waals surface area contributed by atoms with Gasteiger partial charge in [-0.3, -0.25) is 0 Å². The number of benzene rings is 2. The largest absolute Gasteiger partial charge is 0.130 e. The molecule has 0 spiro atoms. The molecule has 0 N–H and O–H groups in total. The van der Waals surface area contributed by atoms with Crippen molar-refractivity contribution in [2.45, 2.75) is 9.79 Å². The normalized spacial score (nSPS) is 12.5. The molecule has 2 rings (SSSR count). The molecule has 2 aromatic rings. The molecule has 0 aliphatic rings. The van der Waals surface area contributed by atoms with Crippen molar-refractivity contribution in [1.82, 2.24) is 0 Å². The predicted octanol–water partition coefficient (Wildman–Crippen LogP) is 7.53. The SMILES string of the molecule is CSc1ccc(/C=C/C=C/C=C/C=C/C=C/c2ccc(SC)cc2)cc1. The maximum atomic E-state index is 2.14. The summed E-state index contributed by atoms with van der Waals surface area (Å²) in [6.07, 6.45) is 24.7. The quantitative estimate of drug-likeness (QED) is 0.345. The highest BCUT2D eigenvalue weighted by Gasteiger charge is 1.89. The van der Waals surface area contributed by atoms with E-state index in [1.807, 2.05) is 36.5 Å². The fourth-order valence-electron chi connectivity index (χ4n) is 2.15. The standard InChI is InChI=1S/C24H24S2/c1-25-23-17-13-21(14-18-23)11-9-7-5-3-4-6-8-10-12-22-15-19-24(26-2)20-16-22/h3-20H,1-2H3/b4-3+,7-5+,8-6+,11-9+,12-10+. The number of rotatable bonds is 8. The molecule has 0 nitrogen and oxygen atoms in total. The van der Waals surface area contributed by atoms with Gasteiger partial charge in [0.25, 0.3) is 0 Å².